The van der Waals surface area contributed by atoms with Crippen LogP contribution in [0, 0.1) is 0 Å². The van der Waals surface area contributed by atoms with E-state index in [1.165, 1.54) is 0 Å². The molecule has 1 atom stereocenters. The lowest BCUT2D eigenvalue weighted by Crippen LogP contribution is -2.31. The van der Waals surface area contributed by atoms with Crippen molar-refractivity contribution < 1.29 is 5.11 Å². The smallest absolute Gasteiger partial charge is 0.204 e. The van der Waals surface area contributed by atoms with Crippen LogP contribution >= 0.6 is 0 Å². The lowest BCUT2D eigenvalue weighted by Gasteiger charge is -2.21. The van der Waals surface area contributed by atoms with Crippen molar-refractivity contribution in [3.8, 4) is 0 Å². The molecule has 4 nitrogen and oxygen atoms in total. The van der Waals surface area contributed by atoms with E-state index in [9.17, 15) is 5.11 Å². The Labute approximate surface area is 81.2 Å². The lowest BCUT2D eigenvalue weighted by atomic mass is 10.3. The summed E-state index contributed by atoms with van der Waals surface area (Å²) in [5.41, 5.74) is 2.05. The minimum Gasteiger partial charge on any atom is -0.389 e. The molecule has 2 aromatic rings. The van der Waals surface area contributed by atoms with Crippen LogP contribution in [0.2, 0.25) is 0 Å². The fourth-order valence-corrected chi connectivity index (χ4v) is 1.88. The lowest BCUT2D eigenvalue weighted by molar-refractivity contribution is 0.161. The molecule has 0 saturated carbocycles. The van der Waals surface area contributed by atoms with Crippen LogP contribution in [0.3, 0.4) is 0 Å². The summed E-state index contributed by atoms with van der Waals surface area (Å²) in [6, 6.07) is 7.95. The topological polar surface area (TPSA) is 50.1 Å². The molecule has 1 unspecified atom stereocenters. The Morgan fingerprint density at radius 1 is 1.43 bits per heavy atom. The first-order valence-electron chi connectivity index (χ1n) is 4.72. The maximum absolute atomic E-state index is 9.52. The van der Waals surface area contributed by atoms with Gasteiger partial charge in [-0.2, -0.15) is 0 Å². The van der Waals surface area contributed by atoms with Crippen LogP contribution in [0.15, 0.2) is 24.3 Å². The number of para-hydroxylation sites is 2. The van der Waals surface area contributed by atoms with E-state index >= 15 is 0 Å². The van der Waals surface area contributed by atoms with Gasteiger partial charge in [0.1, 0.15) is 0 Å². The summed E-state index contributed by atoms with van der Waals surface area (Å²) in [7, 11) is 0. The molecule has 4 heteroatoms. The SMILES string of the molecule is OC1CNc2nc3ccccc3n2C1. The minimum absolute atomic E-state index is 0.319. The predicted molar refractivity (Wildman–Crippen MR) is 54.2 cm³/mol. The molecule has 0 bridgehead atoms. The largest absolute Gasteiger partial charge is 0.389 e. The molecule has 1 aliphatic rings. The molecule has 1 aromatic heterocycles. The minimum atomic E-state index is -0.319. The fourth-order valence-electron chi connectivity index (χ4n) is 1.88. The number of fused-ring (bicyclic) bond motifs is 3. The van der Waals surface area contributed by atoms with Gasteiger partial charge in [0.05, 0.1) is 23.7 Å². The number of nitrogens with one attached hydrogen (secondary N) is 1. The van der Waals surface area contributed by atoms with E-state index in [2.05, 4.69) is 10.3 Å². The van der Waals surface area contributed by atoms with Crippen molar-refractivity contribution in [1.82, 2.24) is 9.55 Å². The molecular weight excluding hydrogens is 178 g/mol. The molecule has 2 heterocycles. The summed E-state index contributed by atoms with van der Waals surface area (Å²) in [5.74, 6) is 0.858. The fraction of sp³-hybridized carbons (Fsp3) is 0.300. The maximum Gasteiger partial charge on any atom is 0.204 e. The highest BCUT2D eigenvalue weighted by Gasteiger charge is 2.18. The zero-order valence-electron chi connectivity index (χ0n) is 7.64. The Hall–Kier alpha value is -1.55. The number of anilines is 1. The first-order valence-corrected chi connectivity index (χ1v) is 4.72. The Bertz CT molecular complexity index is 477. The second-order valence-corrected chi connectivity index (χ2v) is 3.57. The quantitative estimate of drug-likeness (QED) is 0.645. The number of benzene rings is 1. The number of rotatable bonds is 0. The van der Waals surface area contributed by atoms with E-state index in [0.717, 1.165) is 17.0 Å². The van der Waals surface area contributed by atoms with Gasteiger partial charge in [-0.15, -0.1) is 0 Å². The third kappa shape index (κ3) is 1.01. The molecule has 1 aliphatic heterocycles. The van der Waals surface area contributed by atoms with Gasteiger partial charge in [0.2, 0.25) is 5.95 Å². The average molecular weight is 189 g/mol. The number of β-amino-alcohol motifs (C(OH)–C–C–N with tert-alkyl or cyclic N) is 1. The van der Waals surface area contributed by atoms with E-state index < -0.39 is 0 Å². The standard InChI is InChI=1S/C10H11N3O/c14-7-5-11-10-12-8-3-1-2-4-9(8)13(10)6-7/h1-4,7,14H,5-6H2,(H,11,12). The second-order valence-electron chi connectivity index (χ2n) is 3.57. The van der Waals surface area contributed by atoms with Gasteiger partial charge < -0.3 is 15.0 Å². The van der Waals surface area contributed by atoms with Crippen LogP contribution in [-0.4, -0.2) is 27.3 Å². The van der Waals surface area contributed by atoms with Crippen LogP contribution in [0.4, 0.5) is 5.95 Å². The normalized spacial score (nSPS) is 20.5. The van der Waals surface area contributed by atoms with Crippen LogP contribution in [0.5, 0.6) is 0 Å². The highest BCUT2D eigenvalue weighted by Crippen LogP contribution is 2.22. The zero-order valence-corrected chi connectivity index (χ0v) is 7.64. The molecule has 0 amide bonds. The van der Waals surface area contributed by atoms with Crippen molar-refractivity contribution >= 4 is 17.0 Å². The van der Waals surface area contributed by atoms with Crippen molar-refractivity contribution in [3.63, 3.8) is 0 Å². The van der Waals surface area contributed by atoms with E-state index in [1.54, 1.807) is 0 Å². The Balaban J connectivity index is 2.25. The van der Waals surface area contributed by atoms with Crippen molar-refractivity contribution in [2.75, 3.05) is 11.9 Å². The number of imidazole rings is 1. The molecule has 72 valence electrons. The first kappa shape index (κ1) is 7.82. The summed E-state index contributed by atoms with van der Waals surface area (Å²) in [6.45, 7) is 1.21. The Morgan fingerprint density at radius 2 is 2.29 bits per heavy atom. The summed E-state index contributed by atoms with van der Waals surface area (Å²) < 4.78 is 2.02. The average Bonchev–Trinajstić information content (AvgIpc) is 2.56. The van der Waals surface area contributed by atoms with Gasteiger partial charge in [0.15, 0.2) is 0 Å². The predicted octanol–water partition coefficient (Wildman–Crippen LogP) is 0.823. The summed E-state index contributed by atoms with van der Waals surface area (Å²) in [4.78, 5) is 4.43. The second kappa shape index (κ2) is 2.72. The molecule has 3 rings (SSSR count). The number of aliphatic hydroxyl groups excluding tert-OH is 1. The molecule has 14 heavy (non-hydrogen) atoms. The Kier molecular flexibility index (Phi) is 1.52. The Morgan fingerprint density at radius 3 is 3.21 bits per heavy atom. The third-order valence-corrected chi connectivity index (χ3v) is 2.54. The first-order chi connectivity index (χ1) is 6.84. The van der Waals surface area contributed by atoms with Gasteiger partial charge in [-0.3, -0.25) is 0 Å². The van der Waals surface area contributed by atoms with Gasteiger partial charge in [-0.25, -0.2) is 4.98 Å². The van der Waals surface area contributed by atoms with Crippen LogP contribution in [0.1, 0.15) is 0 Å². The van der Waals surface area contributed by atoms with Gasteiger partial charge in [-0.1, -0.05) is 12.1 Å². The molecule has 1 aromatic carbocycles. The van der Waals surface area contributed by atoms with Crippen molar-refractivity contribution in [3.05, 3.63) is 24.3 Å². The molecule has 0 spiro atoms. The summed E-state index contributed by atoms with van der Waals surface area (Å²) in [6.07, 6.45) is -0.319. The maximum atomic E-state index is 9.52. The van der Waals surface area contributed by atoms with E-state index in [1.807, 2.05) is 28.8 Å². The number of hydrogen-bond acceptors (Lipinski definition) is 3. The van der Waals surface area contributed by atoms with Crippen molar-refractivity contribution in [1.29, 1.82) is 0 Å². The number of aliphatic hydroxyl groups is 1. The van der Waals surface area contributed by atoms with E-state index in [0.29, 0.717) is 13.1 Å². The number of hydrogen-bond donors (Lipinski definition) is 2. The summed E-state index contributed by atoms with van der Waals surface area (Å²) in [5, 5.41) is 12.6. The van der Waals surface area contributed by atoms with Gasteiger partial charge in [0, 0.05) is 6.54 Å². The molecule has 0 radical (unpaired) electrons. The van der Waals surface area contributed by atoms with Crippen molar-refractivity contribution in [2.24, 2.45) is 0 Å². The summed E-state index contributed by atoms with van der Waals surface area (Å²) >= 11 is 0. The van der Waals surface area contributed by atoms with Gasteiger partial charge >= 0.3 is 0 Å². The van der Waals surface area contributed by atoms with E-state index in [4.69, 9.17) is 0 Å². The molecular formula is C10H11N3O. The molecule has 2 N–H and O–H groups in total. The third-order valence-electron chi connectivity index (χ3n) is 2.54. The number of aromatic nitrogens is 2. The zero-order chi connectivity index (χ0) is 9.54. The highest BCUT2D eigenvalue weighted by atomic mass is 16.3. The molecule has 0 saturated heterocycles. The van der Waals surface area contributed by atoms with Crippen LogP contribution in [0.25, 0.3) is 11.0 Å². The van der Waals surface area contributed by atoms with Crippen molar-refractivity contribution in [2.45, 2.75) is 12.6 Å². The van der Waals surface area contributed by atoms with Gasteiger partial charge in [-0.05, 0) is 12.1 Å². The van der Waals surface area contributed by atoms with E-state index in [-0.39, 0.29) is 6.10 Å². The monoisotopic (exact) mass is 189 g/mol. The van der Waals surface area contributed by atoms with Crippen LogP contribution in [-0.2, 0) is 6.54 Å². The molecule has 0 aliphatic carbocycles. The number of nitrogens with zero attached hydrogens (tertiary/aromatic N) is 2. The van der Waals surface area contributed by atoms with Gasteiger partial charge in [0.25, 0.3) is 0 Å². The molecule has 0 fully saturated rings. The van der Waals surface area contributed by atoms with Crippen LogP contribution < -0.4 is 5.32 Å². The highest BCUT2D eigenvalue weighted by molar-refractivity contribution is 5.78.